The van der Waals surface area contributed by atoms with Crippen molar-refractivity contribution in [1.29, 1.82) is 0 Å². The number of carbonyl (C=O) groups is 2. The highest BCUT2D eigenvalue weighted by atomic mass is 19.1. The molecular formula is C36H32F2N10O2. The van der Waals surface area contributed by atoms with Crippen LogP contribution in [-0.2, 0) is 9.59 Å². The first-order chi connectivity index (χ1) is 24.0. The van der Waals surface area contributed by atoms with Crippen LogP contribution >= 0.6 is 0 Å². The lowest BCUT2D eigenvalue weighted by atomic mass is 10.1. The molecule has 0 aromatic carbocycles. The Morgan fingerprint density at radius 3 is 1.44 bits per heavy atom. The van der Waals surface area contributed by atoms with Crippen molar-refractivity contribution in [3.8, 4) is 22.5 Å². The van der Waals surface area contributed by atoms with E-state index in [-0.39, 0.29) is 24.7 Å². The SMILES string of the molecule is Cc1cnccc1-c1cc2cc(NC(=O)[C@@H]3C[C@@H]3F)ncc2c(N)n1.Cc1cnccc1-c1cc2cc(NC(=O)[C@H]3C[C@H]3F)ncc2c(N)n1. The second-order valence-corrected chi connectivity index (χ2v) is 12.4. The Morgan fingerprint density at radius 2 is 1.08 bits per heavy atom. The van der Waals surface area contributed by atoms with E-state index >= 15 is 0 Å². The zero-order chi connectivity index (χ0) is 35.1. The number of rotatable bonds is 6. The fourth-order valence-corrected chi connectivity index (χ4v) is 5.59. The van der Waals surface area contributed by atoms with Gasteiger partial charge in [-0.15, -0.1) is 0 Å². The van der Waals surface area contributed by atoms with Crippen molar-refractivity contribution in [2.45, 2.75) is 39.0 Å². The molecule has 2 aliphatic carbocycles. The summed E-state index contributed by atoms with van der Waals surface area (Å²) >= 11 is 0. The lowest BCUT2D eigenvalue weighted by Gasteiger charge is -2.10. The first-order valence-corrected chi connectivity index (χ1v) is 15.9. The van der Waals surface area contributed by atoms with Crippen LogP contribution in [0.3, 0.4) is 0 Å². The van der Waals surface area contributed by atoms with Crippen LogP contribution in [0.2, 0.25) is 0 Å². The van der Waals surface area contributed by atoms with Gasteiger partial charge in [-0.25, -0.2) is 28.7 Å². The summed E-state index contributed by atoms with van der Waals surface area (Å²) < 4.78 is 26.0. The topological polar surface area (TPSA) is 188 Å². The van der Waals surface area contributed by atoms with Gasteiger partial charge in [-0.2, -0.15) is 0 Å². The standard InChI is InChI=1S/2C18H16FN5O/c2*1-9-7-21-3-2-11(9)15-4-10-5-16(22-8-13(10)17(20)23-15)24-18(25)12-6-14(12)19/h2*2-5,7-8,12,14H,6H2,1H3,(H2,20,23)(H,22,24,25)/t2*12-,14+/m10/s1. The van der Waals surface area contributed by atoms with E-state index in [1.54, 1.807) is 49.3 Å². The smallest absolute Gasteiger partial charge is 0.231 e. The minimum Gasteiger partial charge on any atom is -0.383 e. The molecule has 2 amide bonds. The average molecular weight is 675 g/mol. The van der Waals surface area contributed by atoms with Gasteiger partial charge in [0.25, 0.3) is 0 Å². The summed E-state index contributed by atoms with van der Waals surface area (Å²) in [6.45, 7) is 3.90. The van der Waals surface area contributed by atoms with Gasteiger partial charge in [0.1, 0.15) is 35.6 Å². The Kier molecular flexibility index (Phi) is 8.43. The van der Waals surface area contributed by atoms with Crippen LogP contribution in [0.25, 0.3) is 44.1 Å². The van der Waals surface area contributed by atoms with Gasteiger partial charge in [0, 0.05) is 59.1 Å². The zero-order valence-corrected chi connectivity index (χ0v) is 27.1. The van der Waals surface area contributed by atoms with Crippen LogP contribution in [0, 0.1) is 25.7 Å². The molecule has 6 heterocycles. The van der Waals surface area contributed by atoms with E-state index < -0.39 is 24.2 Å². The van der Waals surface area contributed by atoms with E-state index in [1.165, 1.54) is 0 Å². The quantitative estimate of drug-likeness (QED) is 0.169. The first-order valence-electron chi connectivity index (χ1n) is 15.9. The molecule has 6 aromatic rings. The van der Waals surface area contributed by atoms with E-state index in [1.807, 2.05) is 38.1 Å². The van der Waals surface area contributed by atoms with Crippen LogP contribution in [-0.4, -0.2) is 54.1 Å². The molecule has 4 atom stereocenters. The zero-order valence-electron chi connectivity index (χ0n) is 27.1. The molecule has 12 nitrogen and oxygen atoms in total. The number of fused-ring (bicyclic) bond motifs is 2. The third-order valence-corrected chi connectivity index (χ3v) is 8.68. The first kappa shape index (κ1) is 32.4. The van der Waals surface area contributed by atoms with Gasteiger partial charge in [0.15, 0.2) is 0 Å². The molecule has 50 heavy (non-hydrogen) atoms. The van der Waals surface area contributed by atoms with Gasteiger partial charge in [-0.05, 0) is 85.0 Å². The van der Waals surface area contributed by atoms with Gasteiger partial charge >= 0.3 is 0 Å². The molecule has 6 aromatic heterocycles. The number of halogens is 2. The van der Waals surface area contributed by atoms with Crippen LogP contribution in [0.1, 0.15) is 24.0 Å². The molecule has 0 radical (unpaired) electrons. The van der Waals surface area contributed by atoms with Crippen LogP contribution in [0.4, 0.5) is 32.1 Å². The van der Waals surface area contributed by atoms with Crippen molar-refractivity contribution >= 4 is 56.6 Å². The van der Waals surface area contributed by atoms with E-state index in [9.17, 15) is 18.4 Å². The van der Waals surface area contributed by atoms with E-state index in [0.29, 0.717) is 34.0 Å². The van der Waals surface area contributed by atoms with Gasteiger partial charge in [-0.1, -0.05) is 0 Å². The summed E-state index contributed by atoms with van der Waals surface area (Å²) in [6, 6.07) is 11.0. The summed E-state index contributed by atoms with van der Waals surface area (Å²) in [4.78, 5) is 49.2. The average Bonchev–Trinajstić information content (AvgIpc) is 4.02. The van der Waals surface area contributed by atoms with Gasteiger partial charge in [0.05, 0.1) is 23.2 Å². The number of alkyl halides is 2. The van der Waals surface area contributed by atoms with Crippen molar-refractivity contribution in [2.24, 2.45) is 11.8 Å². The molecule has 0 saturated heterocycles. The molecule has 252 valence electrons. The second-order valence-electron chi connectivity index (χ2n) is 12.4. The summed E-state index contributed by atoms with van der Waals surface area (Å²) in [5, 5.41) is 8.31. The van der Waals surface area contributed by atoms with Crippen LogP contribution in [0.15, 0.2) is 73.6 Å². The summed E-state index contributed by atoms with van der Waals surface area (Å²) in [5.41, 5.74) is 17.4. The molecule has 2 fully saturated rings. The molecule has 8 rings (SSSR count). The molecule has 14 heteroatoms. The van der Waals surface area contributed by atoms with Crippen molar-refractivity contribution in [1.82, 2.24) is 29.9 Å². The molecule has 0 spiro atoms. The van der Waals surface area contributed by atoms with Crippen LogP contribution < -0.4 is 22.1 Å². The number of hydrogen-bond donors (Lipinski definition) is 4. The number of nitrogen functional groups attached to an aromatic ring is 2. The molecule has 0 unspecified atom stereocenters. The van der Waals surface area contributed by atoms with Gasteiger partial charge in [-0.3, -0.25) is 19.6 Å². The number of pyridine rings is 6. The Balaban J connectivity index is 0.000000157. The Bertz CT molecular complexity index is 2140. The summed E-state index contributed by atoms with van der Waals surface area (Å²) in [7, 11) is 0. The summed E-state index contributed by atoms with van der Waals surface area (Å²) in [6.07, 6.45) is 8.54. The fraction of sp³-hybridized carbons (Fsp3) is 0.222. The molecule has 6 N–H and O–H groups in total. The maximum atomic E-state index is 13.0. The number of nitrogens with one attached hydrogen (secondary N) is 2. The Labute approximate surface area is 284 Å². The normalized spacial score (nSPS) is 19.0. The number of nitrogens with two attached hydrogens (primary N) is 2. The minimum absolute atomic E-state index is 0.280. The third-order valence-electron chi connectivity index (χ3n) is 8.68. The predicted molar refractivity (Wildman–Crippen MR) is 187 cm³/mol. The van der Waals surface area contributed by atoms with Crippen molar-refractivity contribution < 1.29 is 18.4 Å². The third kappa shape index (κ3) is 6.72. The highest BCUT2D eigenvalue weighted by Gasteiger charge is 2.44. The van der Waals surface area contributed by atoms with Gasteiger partial charge < -0.3 is 22.1 Å². The van der Waals surface area contributed by atoms with E-state index in [2.05, 4.69) is 40.5 Å². The monoisotopic (exact) mass is 674 g/mol. The fourth-order valence-electron chi connectivity index (χ4n) is 5.59. The van der Waals surface area contributed by atoms with Gasteiger partial charge in [0.2, 0.25) is 11.8 Å². The van der Waals surface area contributed by atoms with Crippen molar-refractivity contribution in [3.63, 3.8) is 0 Å². The van der Waals surface area contributed by atoms with Crippen molar-refractivity contribution in [3.05, 3.63) is 84.7 Å². The molecule has 2 aliphatic rings. The number of aryl methyl sites for hydroxylation is 2. The molecule has 2 saturated carbocycles. The molecule has 0 aliphatic heterocycles. The largest absolute Gasteiger partial charge is 0.383 e. The number of hydrogen-bond acceptors (Lipinski definition) is 10. The maximum absolute atomic E-state index is 13.0. The highest BCUT2D eigenvalue weighted by molar-refractivity contribution is 6.00. The second kappa shape index (κ2) is 13.0. The summed E-state index contributed by atoms with van der Waals surface area (Å²) in [5.74, 6) is -0.331. The minimum atomic E-state index is -1.04. The highest BCUT2D eigenvalue weighted by Crippen LogP contribution is 2.36. The number of anilines is 4. The Hall–Kier alpha value is -6.18. The number of amides is 2. The lowest BCUT2D eigenvalue weighted by Crippen LogP contribution is -2.15. The van der Waals surface area contributed by atoms with E-state index in [4.69, 9.17) is 11.5 Å². The number of aromatic nitrogens is 6. The predicted octanol–water partition coefficient (Wildman–Crippen LogP) is 5.76. The molecular weight excluding hydrogens is 642 g/mol. The number of nitrogens with zero attached hydrogens (tertiary/aromatic N) is 6. The van der Waals surface area contributed by atoms with Crippen molar-refractivity contribution in [2.75, 3.05) is 22.1 Å². The maximum Gasteiger partial charge on any atom is 0.231 e. The number of carbonyl (C=O) groups excluding carboxylic acids is 2. The molecule has 0 bridgehead atoms. The Morgan fingerprint density at radius 1 is 0.680 bits per heavy atom. The lowest BCUT2D eigenvalue weighted by molar-refractivity contribution is -0.118. The van der Waals surface area contributed by atoms with E-state index in [0.717, 1.165) is 44.4 Å². The van der Waals surface area contributed by atoms with Crippen LogP contribution in [0.5, 0.6) is 0 Å².